The van der Waals surface area contributed by atoms with Crippen LogP contribution < -0.4 is 32.4 Å². The number of rotatable bonds is 10. The molecule has 1 aromatic carbocycles. The van der Waals surface area contributed by atoms with E-state index in [-0.39, 0.29) is 35.2 Å². The van der Waals surface area contributed by atoms with Crippen molar-refractivity contribution in [2.75, 3.05) is 21.9 Å². The molecular weight excluding hydrogens is 438 g/mol. The Morgan fingerprint density at radius 1 is 1.28 bits per heavy atom. The molecule has 172 valence electrons. The molecule has 1 aromatic heterocycles. The van der Waals surface area contributed by atoms with Gasteiger partial charge in [-0.2, -0.15) is 0 Å². The number of nitrogens with one attached hydrogen (secondary N) is 2. The zero-order valence-electron chi connectivity index (χ0n) is 17.3. The first-order chi connectivity index (χ1) is 15.1. The van der Waals surface area contributed by atoms with Crippen molar-refractivity contribution in [1.82, 2.24) is 4.98 Å². The summed E-state index contributed by atoms with van der Waals surface area (Å²) in [4.78, 5) is 43.7. The average molecular weight is 464 g/mol. The minimum absolute atomic E-state index is 0.0252. The predicted octanol–water partition coefficient (Wildman–Crippen LogP) is -0.268. The van der Waals surface area contributed by atoms with Gasteiger partial charge < -0.3 is 31.9 Å². The Labute approximate surface area is 184 Å². The lowest BCUT2D eigenvalue weighted by atomic mass is 10.1. The van der Waals surface area contributed by atoms with Crippen molar-refractivity contribution in [3.63, 3.8) is 0 Å². The molecule has 0 aliphatic heterocycles. The Bertz CT molecular complexity index is 1170. The number of aliphatic imine (C=N–C) groups is 1. The Morgan fingerprint density at radius 3 is 2.56 bits per heavy atom. The molecule has 1 amide bonds. The van der Waals surface area contributed by atoms with Gasteiger partial charge in [0.05, 0.1) is 17.4 Å². The SMILES string of the molecule is CC(=O)N(c1cc[nH]c(=O)c1NS(=O)(=O)c1ccccc1N)[C@H](C=O)CCCN=C(N)N. The van der Waals surface area contributed by atoms with Gasteiger partial charge in [-0.25, -0.2) is 8.42 Å². The van der Waals surface area contributed by atoms with Gasteiger partial charge in [0.1, 0.15) is 16.9 Å². The van der Waals surface area contributed by atoms with E-state index in [9.17, 15) is 22.8 Å². The summed E-state index contributed by atoms with van der Waals surface area (Å²) in [5, 5.41) is 0. The van der Waals surface area contributed by atoms with Crippen LogP contribution in [0, 0.1) is 0 Å². The normalized spacial score (nSPS) is 11.9. The number of nitrogens with zero attached hydrogens (tertiary/aromatic N) is 2. The van der Waals surface area contributed by atoms with Crippen LogP contribution in [-0.2, 0) is 19.6 Å². The van der Waals surface area contributed by atoms with Crippen molar-refractivity contribution in [3.05, 3.63) is 46.9 Å². The number of hydrogen-bond donors (Lipinski definition) is 5. The number of aldehydes is 1. The molecule has 0 bridgehead atoms. The minimum Gasteiger partial charge on any atom is -0.398 e. The maximum absolute atomic E-state index is 12.9. The molecule has 13 heteroatoms. The van der Waals surface area contributed by atoms with Crippen molar-refractivity contribution < 1.29 is 18.0 Å². The number of aromatic amines is 1. The van der Waals surface area contributed by atoms with Crippen LogP contribution in [0.1, 0.15) is 19.8 Å². The molecular formula is C19H25N7O5S. The number of aromatic nitrogens is 1. The lowest BCUT2D eigenvalue weighted by Gasteiger charge is -2.28. The van der Waals surface area contributed by atoms with E-state index >= 15 is 0 Å². The summed E-state index contributed by atoms with van der Waals surface area (Å²) in [7, 11) is -4.28. The molecule has 0 fully saturated rings. The number of nitrogen functional groups attached to an aromatic ring is 1. The van der Waals surface area contributed by atoms with E-state index in [1.165, 1.54) is 37.4 Å². The Hall–Kier alpha value is -3.87. The van der Waals surface area contributed by atoms with Gasteiger partial charge in [0.2, 0.25) is 5.91 Å². The number of nitrogens with two attached hydrogens (primary N) is 3. The quantitative estimate of drug-likeness (QED) is 0.104. The van der Waals surface area contributed by atoms with Gasteiger partial charge in [0.25, 0.3) is 15.6 Å². The first kappa shape index (κ1) is 24.4. The van der Waals surface area contributed by atoms with E-state index in [0.717, 1.165) is 4.90 Å². The number of benzene rings is 1. The molecule has 0 aliphatic rings. The highest BCUT2D eigenvalue weighted by atomic mass is 32.2. The first-order valence-electron chi connectivity index (χ1n) is 9.48. The zero-order chi connectivity index (χ0) is 23.9. The number of amides is 1. The van der Waals surface area contributed by atoms with Gasteiger partial charge in [0, 0.05) is 19.7 Å². The fourth-order valence-corrected chi connectivity index (χ4v) is 4.24. The van der Waals surface area contributed by atoms with E-state index in [2.05, 4.69) is 14.7 Å². The van der Waals surface area contributed by atoms with Crippen molar-refractivity contribution in [2.45, 2.75) is 30.7 Å². The molecule has 32 heavy (non-hydrogen) atoms. The van der Waals surface area contributed by atoms with Gasteiger partial charge in [-0.3, -0.25) is 19.3 Å². The van der Waals surface area contributed by atoms with E-state index in [4.69, 9.17) is 17.2 Å². The summed E-state index contributed by atoms with van der Waals surface area (Å²) in [6.45, 7) is 1.42. The largest absolute Gasteiger partial charge is 0.398 e. The number of carbonyl (C=O) groups is 2. The Kier molecular flexibility index (Phi) is 7.96. The monoisotopic (exact) mass is 463 g/mol. The summed E-state index contributed by atoms with van der Waals surface area (Å²) in [6.07, 6.45) is 2.30. The molecule has 1 atom stereocenters. The van der Waals surface area contributed by atoms with Crippen molar-refractivity contribution in [3.8, 4) is 0 Å². The predicted molar refractivity (Wildman–Crippen MR) is 122 cm³/mol. The van der Waals surface area contributed by atoms with Gasteiger partial charge in [-0.15, -0.1) is 0 Å². The molecule has 0 radical (unpaired) electrons. The summed E-state index contributed by atoms with van der Waals surface area (Å²) in [6, 6.07) is 6.03. The Balaban J connectivity index is 2.47. The second kappa shape index (κ2) is 10.4. The maximum Gasteiger partial charge on any atom is 0.274 e. The molecule has 2 rings (SSSR count). The second-order valence-corrected chi connectivity index (χ2v) is 8.40. The van der Waals surface area contributed by atoms with Crippen molar-refractivity contribution >= 4 is 45.2 Å². The number of sulfonamides is 1. The highest BCUT2D eigenvalue weighted by Crippen LogP contribution is 2.28. The number of hydrogen-bond acceptors (Lipinski definition) is 7. The fraction of sp³-hybridized carbons (Fsp3) is 0.263. The summed E-state index contributed by atoms with van der Waals surface area (Å²) >= 11 is 0. The molecule has 0 saturated heterocycles. The van der Waals surface area contributed by atoms with Gasteiger partial charge in [-0.1, -0.05) is 12.1 Å². The highest BCUT2D eigenvalue weighted by Gasteiger charge is 2.28. The van der Waals surface area contributed by atoms with Crippen molar-refractivity contribution in [1.29, 1.82) is 0 Å². The number of H-pyrrole nitrogens is 1. The molecule has 2 aromatic rings. The molecule has 0 saturated carbocycles. The van der Waals surface area contributed by atoms with Crippen LogP contribution in [0.25, 0.3) is 0 Å². The lowest BCUT2D eigenvalue weighted by molar-refractivity contribution is -0.119. The molecule has 0 aliphatic carbocycles. The third-order valence-electron chi connectivity index (χ3n) is 4.42. The smallest absolute Gasteiger partial charge is 0.274 e. The summed E-state index contributed by atoms with van der Waals surface area (Å²) in [5.74, 6) is -0.684. The zero-order valence-corrected chi connectivity index (χ0v) is 18.1. The number of pyridine rings is 1. The van der Waals surface area contributed by atoms with E-state index in [1.807, 2.05) is 0 Å². The summed E-state index contributed by atoms with van der Waals surface area (Å²) < 4.78 is 27.9. The molecule has 0 spiro atoms. The number of anilines is 3. The van der Waals surface area contributed by atoms with Gasteiger partial charge >= 0.3 is 0 Å². The van der Waals surface area contributed by atoms with Crippen LogP contribution in [0.3, 0.4) is 0 Å². The standard InChI is InChI=1S/C19H25N7O5S/c1-12(28)26(13(11-27)5-4-9-24-19(21)22)15-8-10-23-18(29)17(15)25-32(30,31)16-7-3-2-6-14(16)20/h2-3,6-8,10-11,13,25H,4-5,9,20H2,1H3,(H,23,29)(H4,21,22,24)/t13-/m0/s1. The fourth-order valence-electron chi connectivity index (χ4n) is 3.03. The van der Waals surface area contributed by atoms with Crippen LogP contribution >= 0.6 is 0 Å². The third kappa shape index (κ3) is 5.85. The van der Waals surface area contributed by atoms with Crippen molar-refractivity contribution in [2.24, 2.45) is 16.5 Å². The maximum atomic E-state index is 12.9. The van der Waals surface area contributed by atoms with Crippen LogP contribution in [0.5, 0.6) is 0 Å². The highest BCUT2D eigenvalue weighted by molar-refractivity contribution is 7.92. The number of carbonyl (C=O) groups excluding carboxylic acids is 2. The summed E-state index contributed by atoms with van der Waals surface area (Å²) in [5.41, 5.74) is 15.0. The van der Waals surface area contributed by atoms with E-state index in [1.54, 1.807) is 6.07 Å². The van der Waals surface area contributed by atoms with Crippen LogP contribution in [0.15, 0.2) is 51.2 Å². The third-order valence-corrected chi connectivity index (χ3v) is 5.85. The number of para-hydroxylation sites is 1. The van der Waals surface area contributed by atoms with Crippen LogP contribution in [-0.4, -0.2) is 44.1 Å². The lowest BCUT2D eigenvalue weighted by Crippen LogP contribution is -2.41. The van der Waals surface area contributed by atoms with Crippen LogP contribution in [0.2, 0.25) is 0 Å². The molecule has 8 N–H and O–H groups in total. The number of guanidine groups is 1. The molecule has 0 unspecified atom stereocenters. The van der Waals surface area contributed by atoms with Gasteiger partial charge in [0.15, 0.2) is 5.96 Å². The van der Waals surface area contributed by atoms with Gasteiger partial charge in [-0.05, 0) is 31.0 Å². The van der Waals surface area contributed by atoms with Crippen LogP contribution in [0.4, 0.5) is 17.1 Å². The topological polar surface area (TPSA) is 207 Å². The second-order valence-electron chi connectivity index (χ2n) is 6.75. The first-order valence-corrected chi connectivity index (χ1v) is 11.0. The Morgan fingerprint density at radius 2 is 1.97 bits per heavy atom. The van der Waals surface area contributed by atoms with E-state index in [0.29, 0.717) is 12.7 Å². The average Bonchev–Trinajstić information content (AvgIpc) is 2.72. The van der Waals surface area contributed by atoms with E-state index < -0.39 is 33.2 Å². The molecule has 12 nitrogen and oxygen atoms in total. The molecule has 1 heterocycles. The minimum atomic E-state index is -4.28.